The van der Waals surface area contributed by atoms with E-state index in [0.717, 1.165) is 21.6 Å². The first-order valence-electron chi connectivity index (χ1n) is 7.58. The third-order valence-electron chi connectivity index (χ3n) is 3.75. The summed E-state index contributed by atoms with van der Waals surface area (Å²) in [6, 6.07) is 26.2. The maximum Gasteiger partial charge on any atom is 0.129 e. The normalized spacial score (nSPS) is 12.4. The average molecular weight is 352 g/mol. The van der Waals surface area contributed by atoms with Gasteiger partial charge in [-0.3, -0.25) is 0 Å². The first kappa shape index (κ1) is 15.2. The second-order valence-corrected chi connectivity index (χ2v) is 6.95. The molecule has 0 aliphatic carbocycles. The predicted molar refractivity (Wildman–Crippen MR) is 99.4 cm³/mol. The van der Waals surface area contributed by atoms with Gasteiger partial charge in [-0.2, -0.15) is 0 Å². The van der Waals surface area contributed by atoms with Crippen molar-refractivity contribution in [1.82, 2.24) is 15.0 Å². The van der Waals surface area contributed by atoms with Crippen LogP contribution in [-0.2, 0) is 0 Å². The van der Waals surface area contributed by atoms with Gasteiger partial charge in [0.2, 0.25) is 0 Å². The molecule has 0 fully saturated rings. The van der Waals surface area contributed by atoms with Crippen molar-refractivity contribution in [3.8, 4) is 0 Å². The Kier molecular flexibility index (Phi) is 4.24. The number of hydrogen-bond donors (Lipinski definition) is 0. The van der Waals surface area contributed by atoms with Gasteiger partial charge in [-0.15, -0.1) is 5.10 Å². The summed E-state index contributed by atoms with van der Waals surface area (Å²) in [5, 5.41) is 9.41. The fraction of sp³-hybridized carbons (Fsp3) is 0.0526. The van der Waals surface area contributed by atoms with Gasteiger partial charge >= 0.3 is 0 Å². The van der Waals surface area contributed by atoms with Crippen LogP contribution in [0, 0.1) is 0 Å². The molecule has 5 heteroatoms. The highest BCUT2D eigenvalue weighted by Crippen LogP contribution is 2.37. The van der Waals surface area contributed by atoms with Gasteiger partial charge in [0.05, 0.1) is 5.52 Å². The lowest BCUT2D eigenvalue weighted by atomic mass is 10.2. The van der Waals surface area contributed by atoms with E-state index in [0.29, 0.717) is 0 Å². The van der Waals surface area contributed by atoms with Crippen molar-refractivity contribution in [3.05, 3.63) is 89.4 Å². The van der Waals surface area contributed by atoms with E-state index in [-0.39, 0.29) is 5.37 Å². The molecule has 0 saturated carbocycles. The second kappa shape index (κ2) is 6.67. The zero-order valence-electron chi connectivity index (χ0n) is 12.7. The molecule has 1 heterocycles. The largest absolute Gasteiger partial charge is 0.227 e. The van der Waals surface area contributed by atoms with Crippen LogP contribution in [0.25, 0.3) is 11.0 Å². The van der Waals surface area contributed by atoms with E-state index in [4.69, 9.17) is 11.6 Å². The molecule has 0 bridgehead atoms. The van der Waals surface area contributed by atoms with Crippen molar-refractivity contribution in [2.45, 2.75) is 10.3 Å². The Morgan fingerprint density at radius 3 is 2.33 bits per heavy atom. The SMILES string of the molecule is Clc1ccc(C(Sc2ccccc2)n2nnc3ccccc32)cc1. The molecule has 1 unspecified atom stereocenters. The van der Waals surface area contributed by atoms with E-state index in [1.54, 1.807) is 11.8 Å². The van der Waals surface area contributed by atoms with Gasteiger partial charge in [0.25, 0.3) is 0 Å². The molecule has 0 radical (unpaired) electrons. The Labute approximate surface area is 149 Å². The van der Waals surface area contributed by atoms with Crippen LogP contribution < -0.4 is 0 Å². The zero-order chi connectivity index (χ0) is 16.4. The van der Waals surface area contributed by atoms with Crippen molar-refractivity contribution >= 4 is 34.4 Å². The summed E-state index contributed by atoms with van der Waals surface area (Å²) in [6.45, 7) is 0. The standard InChI is InChI=1S/C19H14ClN3S/c20-15-12-10-14(11-13-15)19(24-16-6-2-1-3-7-16)23-18-9-5-4-8-17(18)21-22-23/h1-13,19H. The number of benzene rings is 3. The Hall–Kier alpha value is -2.30. The quantitative estimate of drug-likeness (QED) is 0.460. The van der Waals surface area contributed by atoms with Crippen LogP contribution in [0.3, 0.4) is 0 Å². The minimum absolute atomic E-state index is 0.0166. The monoisotopic (exact) mass is 351 g/mol. The van der Waals surface area contributed by atoms with Gasteiger partial charge in [0.1, 0.15) is 10.9 Å². The molecule has 1 aromatic heterocycles. The topological polar surface area (TPSA) is 30.7 Å². The van der Waals surface area contributed by atoms with Crippen LogP contribution in [0.1, 0.15) is 10.9 Å². The Morgan fingerprint density at radius 2 is 1.54 bits per heavy atom. The zero-order valence-corrected chi connectivity index (χ0v) is 14.3. The lowest BCUT2D eigenvalue weighted by Crippen LogP contribution is -2.09. The smallest absolute Gasteiger partial charge is 0.129 e. The summed E-state index contributed by atoms with van der Waals surface area (Å²) < 4.78 is 1.97. The summed E-state index contributed by atoms with van der Waals surface area (Å²) in [5.74, 6) is 0. The number of thioether (sulfide) groups is 1. The van der Waals surface area contributed by atoms with Gasteiger partial charge in [-0.25, -0.2) is 4.68 Å². The average Bonchev–Trinajstić information content (AvgIpc) is 3.05. The first-order chi connectivity index (χ1) is 11.8. The fourth-order valence-electron chi connectivity index (χ4n) is 2.57. The van der Waals surface area contributed by atoms with Crippen LogP contribution in [0.4, 0.5) is 0 Å². The van der Waals surface area contributed by atoms with E-state index in [9.17, 15) is 0 Å². The molecule has 1 atom stereocenters. The van der Waals surface area contributed by atoms with E-state index in [2.05, 4.69) is 22.4 Å². The molecule has 0 aliphatic rings. The van der Waals surface area contributed by atoms with Crippen molar-refractivity contribution in [3.63, 3.8) is 0 Å². The van der Waals surface area contributed by atoms with Gasteiger partial charge in [-0.1, -0.05) is 71.0 Å². The fourth-order valence-corrected chi connectivity index (χ4v) is 3.82. The number of nitrogens with zero attached hydrogens (tertiary/aromatic N) is 3. The third-order valence-corrected chi connectivity index (χ3v) is 5.24. The third kappa shape index (κ3) is 3.03. The number of aromatic nitrogens is 3. The highest BCUT2D eigenvalue weighted by atomic mass is 35.5. The Balaban J connectivity index is 1.82. The number of para-hydroxylation sites is 1. The summed E-state index contributed by atoms with van der Waals surface area (Å²) in [7, 11) is 0. The number of halogens is 1. The van der Waals surface area contributed by atoms with Crippen LogP contribution in [0.2, 0.25) is 5.02 Å². The predicted octanol–water partition coefficient (Wildman–Crippen LogP) is 5.42. The van der Waals surface area contributed by atoms with Crippen molar-refractivity contribution < 1.29 is 0 Å². The van der Waals surface area contributed by atoms with E-state index in [1.165, 1.54) is 4.90 Å². The van der Waals surface area contributed by atoms with Gasteiger partial charge in [0.15, 0.2) is 0 Å². The molecule has 0 aliphatic heterocycles. The van der Waals surface area contributed by atoms with Crippen molar-refractivity contribution in [2.24, 2.45) is 0 Å². The molecule has 0 spiro atoms. The van der Waals surface area contributed by atoms with Crippen LogP contribution in [0.15, 0.2) is 83.8 Å². The molecule has 3 nitrogen and oxygen atoms in total. The molecule has 0 N–H and O–H groups in total. The molecule has 0 amide bonds. The summed E-state index contributed by atoms with van der Waals surface area (Å²) >= 11 is 7.79. The van der Waals surface area contributed by atoms with Gasteiger partial charge in [-0.05, 0) is 42.0 Å². The minimum Gasteiger partial charge on any atom is -0.227 e. The molecule has 3 aromatic carbocycles. The van der Waals surface area contributed by atoms with Gasteiger partial charge in [0, 0.05) is 9.92 Å². The van der Waals surface area contributed by atoms with E-state index < -0.39 is 0 Å². The van der Waals surface area contributed by atoms with Crippen LogP contribution in [0.5, 0.6) is 0 Å². The minimum atomic E-state index is -0.0166. The molecule has 0 saturated heterocycles. The number of hydrogen-bond acceptors (Lipinski definition) is 3. The van der Waals surface area contributed by atoms with Crippen LogP contribution in [-0.4, -0.2) is 15.0 Å². The molecule has 4 aromatic rings. The highest BCUT2D eigenvalue weighted by molar-refractivity contribution is 7.99. The maximum atomic E-state index is 6.05. The molecular weight excluding hydrogens is 338 g/mol. The van der Waals surface area contributed by atoms with E-state index in [1.807, 2.05) is 71.4 Å². The summed E-state index contributed by atoms with van der Waals surface area (Å²) in [5.41, 5.74) is 3.04. The maximum absolute atomic E-state index is 6.05. The molecule has 4 rings (SSSR count). The van der Waals surface area contributed by atoms with Crippen molar-refractivity contribution in [1.29, 1.82) is 0 Å². The molecular formula is C19H14ClN3S. The Morgan fingerprint density at radius 1 is 0.833 bits per heavy atom. The molecule has 24 heavy (non-hydrogen) atoms. The van der Waals surface area contributed by atoms with Gasteiger partial charge < -0.3 is 0 Å². The van der Waals surface area contributed by atoms with Crippen molar-refractivity contribution in [2.75, 3.05) is 0 Å². The lowest BCUT2D eigenvalue weighted by Gasteiger charge is -2.18. The van der Waals surface area contributed by atoms with Crippen LogP contribution >= 0.6 is 23.4 Å². The first-order valence-corrected chi connectivity index (χ1v) is 8.84. The van der Waals surface area contributed by atoms with E-state index >= 15 is 0 Å². The second-order valence-electron chi connectivity index (χ2n) is 5.36. The summed E-state index contributed by atoms with van der Waals surface area (Å²) in [6.07, 6.45) is 0. The lowest BCUT2D eigenvalue weighted by molar-refractivity contribution is 0.655. The highest BCUT2D eigenvalue weighted by Gasteiger charge is 2.19. The molecule has 118 valence electrons. The Bertz CT molecular complexity index is 951. The summed E-state index contributed by atoms with van der Waals surface area (Å²) in [4.78, 5) is 1.18. The number of fused-ring (bicyclic) bond motifs is 1. The number of rotatable bonds is 4.